The van der Waals surface area contributed by atoms with E-state index in [0.717, 1.165) is 0 Å². The van der Waals surface area contributed by atoms with Crippen LogP contribution in [0.15, 0.2) is 5.16 Å². The van der Waals surface area contributed by atoms with Gasteiger partial charge in [-0.2, -0.15) is 4.68 Å². The largest absolute Gasteiger partial charge is 0.396 e. The van der Waals surface area contributed by atoms with Gasteiger partial charge in [-0.1, -0.05) is 11.8 Å². The van der Waals surface area contributed by atoms with Crippen molar-refractivity contribution in [2.75, 3.05) is 6.61 Å². The lowest BCUT2D eigenvalue weighted by atomic mass is 10.3. The number of carbonyl (C=O) groups excluding carboxylic acids is 1. The molecule has 0 saturated heterocycles. The molecule has 5 nitrogen and oxygen atoms in total. The molecule has 1 aromatic rings. The average Bonchev–Trinajstić information content (AvgIpc) is 2.54. The quantitative estimate of drug-likeness (QED) is 0.730. The Morgan fingerprint density at radius 3 is 3.08 bits per heavy atom. The van der Waals surface area contributed by atoms with Crippen LogP contribution in [0.3, 0.4) is 0 Å². The Labute approximate surface area is 79.2 Å². The Bertz CT molecular complexity index is 350. The molecule has 1 N–H and O–H groups in total. The van der Waals surface area contributed by atoms with E-state index in [1.165, 1.54) is 16.4 Å². The molecule has 0 saturated carbocycles. The van der Waals surface area contributed by atoms with Gasteiger partial charge < -0.3 is 5.11 Å². The number of rotatable bonds is 2. The van der Waals surface area contributed by atoms with Gasteiger partial charge in [0.1, 0.15) is 5.82 Å². The van der Waals surface area contributed by atoms with Crippen LogP contribution in [0.2, 0.25) is 0 Å². The van der Waals surface area contributed by atoms with E-state index in [-0.39, 0.29) is 17.8 Å². The summed E-state index contributed by atoms with van der Waals surface area (Å²) in [6.07, 6.45) is 0.466. The van der Waals surface area contributed by atoms with E-state index < -0.39 is 0 Å². The van der Waals surface area contributed by atoms with Crippen LogP contribution in [0.1, 0.15) is 17.0 Å². The molecular weight excluding hydrogens is 190 g/mol. The molecule has 2 heterocycles. The number of aryl methyl sites for hydroxylation is 1. The van der Waals surface area contributed by atoms with Crippen molar-refractivity contribution in [1.82, 2.24) is 14.8 Å². The fourth-order valence-corrected chi connectivity index (χ4v) is 2.32. The zero-order valence-corrected chi connectivity index (χ0v) is 7.91. The summed E-state index contributed by atoms with van der Waals surface area (Å²) < 4.78 is 1.32. The maximum absolute atomic E-state index is 11.5. The number of hydrogen-bond acceptors (Lipinski definition) is 5. The molecule has 1 aromatic heterocycles. The smallest absolute Gasteiger partial charge is 0.263 e. The maximum Gasteiger partial charge on any atom is 0.263 e. The standard InChI is InChI=1S/C7H9N3O2S/c1-4-8-7-10(9-4)6(12)5(13-7)2-3-11/h5,11H,2-3H2,1H3/t5-/m0/s1. The second kappa shape index (κ2) is 3.12. The minimum Gasteiger partial charge on any atom is -0.396 e. The van der Waals surface area contributed by atoms with Crippen LogP contribution in [-0.4, -0.2) is 37.6 Å². The summed E-state index contributed by atoms with van der Waals surface area (Å²) in [7, 11) is 0. The first-order valence-corrected chi connectivity index (χ1v) is 4.85. The van der Waals surface area contributed by atoms with Crippen LogP contribution in [0, 0.1) is 6.92 Å². The number of fused-ring (bicyclic) bond motifs is 1. The Morgan fingerprint density at radius 1 is 1.69 bits per heavy atom. The summed E-state index contributed by atoms with van der Waals surface area (Å²) >= 11 is 1.37. The van der Waals surface area contributed by atoms with E-state index in [9.17, 15) is 4.79 Å². The van der Waals surface area contributed by atoms with Crippen LogP contribution < -0.4 is 0 Å². The van der Waals surface area contributed by atoms with Crippen molar-refractivity contribution in [1.29, 1.82) is 0 Å². The van der Waals surface area contributed by atoms with Crippen molar-refractivity contribution in [3.05, 3.63) is 5.82 Å². The monoisotopic (exact) mass is 199 g/mol. The number of aromatic nitrogens is 3. The molecule has 0 radical (unpaired) electrons. The third-order valence-corrected chi connectivity index (χ3v) is 3.00. The summed E-state index contributed by atoms with van der Waals surface area (Å²) in [6.45, 7) is 1.77. The minimum absolute atomic E-state index is 0.0211. The number of hydrogen-bond donors (Lipinski definition) is 1. The molecule has 0 spiro atoms. The van der Waals surface area contributed by atoms with Gasteiger partial charge in [-0.3, -0.25) is 4.79 Å². The van der Waals surface area contributed by atoms with Crippen LogP contribution in [-0.2, 0) is 0 Å². The summed E-state index contributed by atoms with van der Waals surface area (Å²) in [6, 6.07) is 0. The molecule has 1 aliphatic rings. The normalized spacial score (nSPS) is 20.8. The number of aliphatic hydroxyl groups excluding tert-OH is 1. The molecule has 13 heavy (non-hydrogen) atoms. The van der Waals surface area contributed by atoms with Crippen molar-refractivity contribution in [3.63, 3.8) is 0 Å². The Kier molecular flexibility index (Phi) is 2.09. The van der Waals surface area contributed by atoms with Gasteiger partial charge in [-0.05, 0) is 13.3 Å². The summed E-state index contributed by atoms with van der Waals surface area (Å²) in [4.78, 5) is 15.6. The molecule has 0 fully saturated rings. The van der Waals surface area contributed by atoms with Crippen LogP contribution in [0.4, 0.5) is 0 Å². The van der Waals surface area contributed by atoms with Crippen LogP contribution >= 0.6 is 11.8 Å². The van der Waals surface area contributed by atoms with E-state index in [4.69, 9.17) is 5.11 Å². The molecular formula is C7H9N3O2S. The molecule has 0 amide bonds. The predicted molar refractivity (Wildman–Crippen MR) is 46.7 cm³/mol. The highest BCUT2D eigenvalue weighted by Crippen LogP contribution is 2.31. The molecule has 0 unspecified atom stereocenters. The van der Waals surface area contributed by atoms with Gasteiger partial charge in [0.25, 0.3) is 5.91 Å². The van der Waals surface area contributed by atoms with Crippen molar-refractivity contribution < 1.29 is 9.90 Å². The van der Waals surface area contributed by atoms with Crippen LogP contribution in [0.5, 0.6) is 0 Å². The number of aliphatic hydroxyl groups is 1. The second-order valence-corrected chi connectivity index (χ2v) is 3.98. The van der Waals surface area contributed by atoms with Gasteiger partial charge in [0.15, 0.2) is 5.16 Å². The topological polar surface area (TPSA) is 68.0 Å². The third kappa shape index (κ3) is 1.36. The number of carbonyl (C=O) groups is 1. The van der Waals surface area contributed by atoms with Crippen LogP contribution in [0.25, 0.3) is 0 Å². The molecule has 2 rings (SSSR count). The highest BCUT2D eigenvalue weighted by atomic mass is 32.2. The summed E-state index contributed by atoms with van der Waals surface area (Å²) in [5.74, 6) is 0.535. The third-order valence-electron chi connectivity index (χ3n) is 1.81. The lowest BCUT2D eigenvalue weighted by Crippen LogP contribution is -2.19. The first-order valence-electron chi connectivity index (χ1n) is 3.98. The SMILES string of the molecule is Cc1nc2n(n1)C(=O)[C@H](CCO)S2. The van der Waals surface area contributed by atoms with Gasteiger partial charge >= 0.3 is 0 Å². The minimum atomic E-state index is -0.208. The van der Waals surface area contributed by atoms with Gasteiger partial charge in [0, 0.05) is 6.61 Å². The average molecular weight is 199 g/mol. The fraction of sp³-hybridized carbons (Fsp3) is 0.571. The van der Waals surface area contributed by atoms with E-state index in [1.54, 1.807) is 6.92 Å². The number of thioether (sulfide) groups is 1. The molecule has 0 aliphatic carbocycles. The molecule has 1 atom stereocenters. The van der Waals surface area contributed by atoms with Gasteiger partial charge in [0.2, 0.25) is 0 Å². The molecule has 70 valence electrons. The van der Waals surface area contributed by atoms with Crippen molar-refractivity contribution in [2.24, 2.45) is 0 Å². The number of nitrogens with zero attached hydrogens (tertiary/aromatic N) is 3. The van der Waals surface area contributed by atoms with Gasteiger partial charge in [-0.25, -0.2) is 4.98 Å². The summed E-state index contributed by atoms with van der Waals surface area (Å²) in [5, 5.41) is 13.1. The molecule has 6 heteroatoms. The zero-order valence-electron chi connectivity index (χ0n) is 7.10. The first-order chi connectivity index (χ1) is 6.22. The van der Waals surface area contributed by atoms with E-state index in [1.807, 2.05) is 0 Å². The van der Waals surface area contributed by atoms with Crippen molar-refractivity contribution in [2.45, 2.75) is 23.8 Å². The Hall–Kier alpha value is -0.880. The van der Waals surface area contributed by atoms with Gasteiger partial charge in [-0.15, -0.1) is 5.10 Å². The summed E-state index contributed by atoms with van der Waals surface area (Å²) in [5.41, 5.74) is 0. The molecule has 1 aliphatic heterocycles. The second-order valence-electron chi connectivity index (χ2n) is 2.81. The van der Waals surface area contributed by atoms with Gasteiger partial charge in [0.05, 0.1) is 5.25 Å². The van der Waals surface area contributed by atoms with Crippen molar-refractivity contribution >= 4 is 17.7 Å². The maximum atomic E-state index is 11.5. The highest BCUT2D eigenvalue weighted by Gasteiger charge is 2.33. The van der Waals surface area contributed by atoms with E-state index in [2.05, 4.69) is 10.1 Å². The Balaban J connectivity index is 2.25. The van der Waals surface area contributed by atoms with Crippen molar-refractivity contribution in [3.8, 4) is 0 Å². The first kappa shape index (κ1) is 8.71. The fourth-order valence-electron chi connectivity index (χ4n) is 1.23. The lowest BCUT2D eigenvalue weighted by molar-refractivity contribution is 0.0882. The molecule has 0 aromatic carbocycles. The predicted octanol–water partition coefficient (Wildman–Crippen LogP) is 0.0834. The molecule has 0 bridgehead atoms. The zero-order chi connectivity index (χ0) is 9.42. The lowest BCUT2D eigenvalue weighted by Gasteiger charge is -2.01. The highest BCUT2D eigenvalue weighted by molar-refractivity contribution is 8.00. The van der Waals surface area contributed by atoms with E-state index >= 15 is 0 Å². The van der Waals surface area contributed by atoms with E-state index in [0.29, 0.717) is 17.4 Å². The Morgan fingerprint density at radius 2 is 2.46 bits per heavy atom.